The molecule has 0 unspecified atom stereocenters. The van der Waals surface area contributed by atoms with E-state index in [1.54, 1.807) is 0 Å². The van der Waals surface area contributed by atoms with Crippen molar-refractivity contribution in [2.24, 2.45) is 0 Å². The number of para-hydroxylation sites is 1. The molecule has 0 aliphatic heterocycles. The molecule has 1 aliphatic rings. The maximum absolute atomic E-state index is 6.82. The van der Waals surface area contributed by atoms with E-state index in [-0.39, 0.29) is 5.41 Å². The first-order valence-electron chi connectivity index (χ1n) is 22.4. The van der Waals surface area contributed by atoms with Gasteiger partial charge in [-0.15, -0.1) is 11.3 Å². The number of benzene rings is 10. The number of anilines is 3. The third kappa shape index (κ3) is 5.17. The number of thiophene rings is 1. The number of aromatic nitrogens is 1. The van der Waals surface area contributed by atoms with Crippen LogP contribution in [-0.2, 0) is 5.41 Å². The van der Waals surface area contributed by atoms with Crippen molar-refractivity contribution in [2.45, 2.75) is 19.3 Å². The Kier molecular flexibility index (Phi) is 7.62. The first kappa shape index (κ1) is 36.6. The van der Waals surface area contributed by atoms with Gasteiger partial charge in [-0.2, -0.15) is 0 Å². The number of fused-ring (bicyclic) bond motifs is 14. The third-order valence-electron chi connectivity index (χ3n) is 14.2. The van der Waals surface area contributed by atoms with Crippen LogP contribution in [0, 0.1) is 0 Å². The van der Waals surface area contributed by atoms with E-state index in [1.807, 2.05) is 11.3 Å². The van der Waals surface area contributed by atoms with E-state index in [0.717, 1.165) is 55.8 Å². The van der Waals surface area contributed by atoms with Crippen LogP contribution < -0.4 is 4.90 Å². The molecule has 14 rings (SSSR count). The van der Waals surface area contributed by atoms with Crippen molar-refractivity contribution in [3.63, 3.8) is 0 Å². The quantitative estimate of drug-likeness (QED) is 0.172. The first-order valence-corrected chi connectivity index (χ1v) is 23.2. The Morgan fingerprint density at radius 2 is 1.14 bits per heavy atom. The van der Waals surface area contributed by atoms with Gasteiger partial charge < -0.3 is 13.9 Å². The summed E-state index contributed by atoms with van der Waals surface area (Å²) in [6.45, 7) is 4.73. The molecule has 13 aromatic rings. The van der Waals surface area contributed by atoms with Crippen molar-refractivity contribution >= 4 is 103 Å². The van der Waals surface area contributed by atoms with Gasteiger partial charge in [0.05, 0.1) is 38.2 Å². The number of furan rings is 1. The fourth-order valence-corrected chi connectivity index (χ4v) is 12.4. The Hall–Kier alpha value is -7.92. The summed E-state index contributed by atoms with van der Waals surface area (Å²) in [6.07, 6.45) is 0. The average Bonchev–Trinajstić information content (AvgIpc) is 4.09. The van der Waals surface area contributed by atoms with Crippen LogP contribution >= 0.6 is 11.3 Å². The minimum Gasteiger partial charge on any atom is -0.456 e. The SMILES string of the molecule is CC1(C)c2ccccc2-c2c(N(c3cccc4c3sc3ccccc34)c3cccc4oc5ccc(-c6ccc7c(c6)c6c8ccccc8ccc6n7-c6ccccc6)cc5c34)cccc21. The number of nitrogens with zero attached hydrogens (tertiary/aromatic N) is 2. The lowest BCUT2D eigenvalue weighted by Crippen LogP contribution is -2.16. The zero-order valence-electron chi connectivity index (χ0n) is 35.8. The van der Waals surface area contributed by atoms with Gasteiger partial charge >= 0.3 is 0 Å². The molecule has 4 heteroatoms. The second kappa shape index (κ2) is 13.5. The molecule has 0 spiro atoms. The minimum atomic E-state index is -0.152. The van der Waals surface area contributed by atoms with Crippen molar-refractivity contribution in [1.29, 1.82) is 0 Å². The summed E-state index contributed by atoms with van der Waals surface area (Å²) >= 11 is 1.87. The predicted molar refractivity (Wildman–Crippen MR) is 276 cm³/mol. The van der Waals surface area contributed by atoms with Crippen LogP contribution in [0.2, 0.25) is 0 Å². The predicted octanol–water partition coefficient (Wildman–Crippen LogP) is 17.6. The molecule has 1 aliphatic carbocycles. The largest absolute Gasteiger partial charge is 0.456 e. The van der Waals surface area contributed by atoms with Crippen molar-refractivity contribution in [3.8, 4) is 27.9 Å². The lowest BCUT2D eigenvalue weighted by atomic mass is 9.82. The minimum absolute atomic E-state index is 0.152. The van der Waals surface area contributed by atoms with Gasteiger partial charge in [0.2, 0.25) is 0 Å². The average molecular weight is 849 g/mol. The maximum Gasteiger partial charge on any atom is 0.137 e. The van der Waals surface area contributed by atoms with Gasteiger partial charge in [0.15, 0.2) is 0 Å². The van der Waals surface area contributed by atoms with E-state index in [2.05, 4.69) is 230 Å². The highest BCUT2D eigenvalue weighted by Crippen LogP contribution is 2.56. The van der Waals surface area contributed by atoms with Crippen LogP contribution in [0.3, 0.4) is 0 Å². The molecule has 65 heavy (non-hydrogen) atoms. The molecule has 0 atom stereocenters. The molecular weight excluding hydrogens is 809 g/mol. The summed E-state index contributed by atoms with van der Waals surface area (Å²) in [5.74, 6) is 0. The Bertz CT molecular complexity index is 4110. The maximum atomic E-state index is 6.82. The Labute approximate surface area is 379 Å². The Balaban J connectivity index is 1.03. The fourth-order valence-electron chi connectivity index (χ4n) is 11.2. The summed E-state index contributed by atoms with van der Waals surface area (Å²) in [4.78, 5) is 2.54. The number of hydrogen-bond acceptors (Lipinski definition) is 3. The van der Waals surface area contributed by atoms with Crippen molar-refractivity contribution in [1.82, 2.24) is 4.57 Å². The molecule has 0 N–H and O–H groups in total. The van der Waals surface area contributed by atoms with Crippen LogP contribution in [0.25, 0.3) is 103 Å². The van der Waals surface area contributed by atoms with E-state index in [9.17, 15) is 0 Å². The van der Waals surface area contributed by atoms with Crippen molar-refractivity contribution in [2.75, 3.05) is 4.90 Å². The molecule has 3 aromatic heterocycles. The molecule has 10 aromatic carbocycles. The normalized spacial score (nSPS) is 13.2. The van der Waals surface area contributed by atoms with Crippen molar-refractivity contribution in [3.05, 3.63) is 217 Å². The molecule has 0 radical (unpaired) electrons. The lowest BCUT2D eigenvalue weighted by Gasteiger charge is -2.29. The molecule has 0 amide bonds. The summed E-state index contributed by atoms with van der Waals surface area (Å²) in [5, 5.41) is 9.74. The second-order valence-electron chi connectivity index (χ2n) is 18.0. The van der Waals surface area contributed by atoms with Crippen molar-refractivity contribution < 1.29 is 4.42 Å². The summed E-state index contributed by atoms with van der Waals surface area (Å²) in [7, 11) is 0. The molecule has 0 saturated heterocycles. The van der Waals surface area contributed by atoms with E-state index < -0.39 is 0 Å². The topological polar surface area (TPSA) is 21.3 Å². The van der Waals surface area contributed by atoms with Gasteiger partial charge in [0.1, 0.15) is 11.2 Å². The van der Waals surface area contributed by atoms with Gasteiger partial charge in [-0.25, -0.2) is 0 Å². The van der Waals surface area contributed by atoms with Gasteiger partial charge in [0.25, 0.3) is 0 Å². The summed E-state index contributed by atoms with van der Waals surface area (Å²) in [5.41, 5.74) is 16.1. The highest BCUT2D eigenvalue weighted by atomic mass is 32.1. The van der Waals surface area contributed by atoms with Crippen LogP contribution in [0.15, 0.2) is 211 Å². The van der Waals surface area contributed by atoms with E-state index in [4.69, 9.17) is 4.42 Å². The number of hydrogen-bond donors (Lipinski definition) is 0. The highest BCUT2D eigenvalue weighted by Gasteiger charge is 2.38. The monoisotopic (exact) mass is 848 g/mol. The Morgan fingerprint density at radius 1 is 0.462 bits per heavy atom. The zero-order chi connectivity index (χ0) is 43.0. The van der Waals surface area contributed by atoms with Crippen LogP contribution in [0.5, 0.6) is 0 Å². The molecular formula is C61H40N2OS. The molecule has 306 valence electrons. The molecule has 3 heterocycles. The van der Waals surface area contributed by atoms with Crippen LogP contribution in [-0.4, -0.2) is 4.57 Å². The summed E-state index contributed by atoms with van der Waals surface area (Å²) in [6, 6.07) is 75.8. The molecule has 0 bridgehead atoms. The van der Waals surface area contributed by atoms with Crippen LogP contribution in [0.1, 0.15) is 25.0 Å². The smallest absolute Gasteiger partial charge is 0.137 e. The molecule has 3 nitrogen and oxygen atoms in total. The van der Waals surface area contributed by atoms with E-state index >= 15 is 0 Å². The standard InChI is InChI=1S/C61H40N2OS/c1-61(2)47-22-10-8-20-44(47)58-48(61)23-13-24-50(58)63(53-26-12-21-43-42-19-9-11-28-56(42)65-60(43)53)51-25-14-27-55-59(51)46-36-39(31-34-54(46)64-55)38-30-32-49-45(35-38)57-41-18-7-6-15-37(41)29-33-52(57)62(49)40-16-4-3-5-17-40/h3-36H,1-2H3. The zero-order valence-corrected chi connectivity index (χ0v) is 36.7. The van der Waals surface area contributed by atoms with E-state index in [0.29, 0.717) is 0 Å². The van der Waals surface area contributed by atoms with E-state index in [1.165, 1.54) is 75.0 Å². The van der Waals surface area contributed by atoms with Gasteiger partial charge in [-0.05, 0) is 111 Å². The molecule has 0 saturated carbocycles. The fraction of sp³-hybridized carbons (Fsp3) is 0.0492. The van der Waals surface area contributed by atoms with Crippen LogP contribution in [0.4, 0.5) is 17.1 Å². The summed E-state index contributed by atoms with van der Waals surface area (Å²) < 4.78 is 11.8. The second-order valence-corrected chi connectivity index (χ2v) is 19.1. The lowest BCUT2D eigenvalue weighted by molar-refractivity contribution is 0.660. The highest BCUT2D eigenvalue weighted by molar-refractivity contribution is 7.26. The first-order chi connectivity index (χ1) is 32.0. The van der Waals surface area contributed by atoms with Gasteiger partial charge in [-0.1, -0.05) is 147 Å². The third-order valence-corrected chi connectivity index (χ3v) is 15.4. The van der Waals surface area contributed by atoms with Gasteiger partial charge in [0, 0.05) is 48.3 Å². The molecule has 0 fully saturated rings. The number of rotatable bonds is 5. The van der Waals surface area contributed by atoms with Gasteiger partial charge in [-0.3, -0.25) is 0 Å². The Morgan fingerprint density at radius 3 is 2.05 bits per heavy atom.